The molecule has 26 heavy (non-hydrogen) atoms. The fraction of sp³-hybridized carbons (Fsp3) is 0.222. The van der Waals surface area contributed by atoms with Gasteiger partial charge in [-0.1, -0.05) is 23.7 Å². The van der Waals surface area contributed by atoms with E-state index in [4.69, 9.17) is 16.3 Å². The van der Waals surface area contributed by atoms with Crippen LogP contribution in [0.4, 0.5) is 5.69 Å². The third-order valence-electron chi connectivity index (χ3n) is 3.62. The zero-order chi connectivity index (χ0) is 19.3. The summed E-state index contributed by atoms with van der Waals surface area (Å²) in [6.45, 7) is 5.08. The van der Waals surface area contributed by atoms with Crippen molar-refractivity contribution in [3.05, 3.63) is 68.7 Å². The summed E-state index contributed by atoms with van der Waals surface area (Å²) in [4.78, 5) is 22.5. The molecule has 0 saturated carbocycles. The largest absolute Gasteiger partial charge is 0.481 e. The molecule has 136 valence electrons. The number of nitro groups is 1. The van der Waals surface area contributed by atoms with Gasteiger partial charge in [-0.25, -0.2) is 5.43 Å². The van der Waals surface area contributed by atoms with Gasteiger partial charge in [0.25, 0.3) is 11.6 Å². The first-order valence-corrected chi connectivity index (χ1v) is 8.17. The molecule has 0 aliphatic heterocycles. The fourth-order valence-corrected chi connectivity index (χ4v) is 2.35. The zero-order valence-corrected chi connectivity index (χ0v) is 15.3. The molecule has 2 rings (SSSR count). The van der Waals surface area contributed by atoms with Crippen LogP contribution in [0.1, 0.15) is 25.0 Å². The Morgan fingerprint density at radius 3 is 2.69 bits per heavy atom. The lowest BCUT2D eigenvalue weighted by Crippen LogP contribution is -2.34. The van der Waals surface area contributed by atoms with Crippen molar-refractivity contribution in [2.75, 3.05) is 0 Å². The third-order valence-corrected chi connectivity index (χ3v) is 3.85. The SMILES string of the molecule is C/C(=N\NC(=O)C(C)Oc1ccc(Cl)cc1C)c1cccc([N+](=O)[O-])c1. The first-order chi connectivity index (χ1) is 12.3. The Hall–Kier alpha value is -2.93. The summed E-state index contributed by atoms with van der Waals surface area (Å²) in [7, 11) is 0. The van der Waals surface area contributed by atoms with Gasteiger partial charge in [-0.05, 0) is 44.5 Å². The summed E-state index contributed by atoms with van der Waals surface area (Å²) in [5.41, 5.74) is 4.16. The van der Waals surface area contributed by atoms with Crippen LogP contribution in [0.3, 0.4) is 0 Å². The molecule has 0 fully saturated rings. The number of rotatable bonds is 6. The van der Waals surface area contributed by atoms with Crippen LogP contribution in [-0.4, -0.2) is 22.6 Å². The van der Waals surface area contributed by atoms with Crippen LogP contribution < -0.4 is 10.2 Å². The molecule has 0 saturated heterocycles. The number of nitrogens with one attached hydrogen (secondary N) is 1. The number of hydrogen-bond donors (Lipinski definition) is 1. The molecule has 8 heteroatoms. The highest BCUT2D eigenvalue weighted by Gasteiger charge is 2.16. The summed E-state index contributed by atoms with van der Waals surface area (Å²) in [6, 6.07) is 11.1. The minimum Gasteiger partial charge on any atom is -0.481 e. The Balaban J connectivity index is 2.03. The Kier molecular flexibility index (Phi) is 6.30. The molecule has 1 atom stereocenters. The van der Waals surface area contributed by atoms with E-state index in [-0.39, 0.29) is 5.69 Å². The van der Waals surface area contributed by atoms with E-state index in [1.54, 1.807) is 44.2 Å². The molecule has 0 bridgehead atoms. The molecule has 0 aliphatic carbocycles. The average molecular weight is 376 g/mol. The quantitative estimate of drug-likeness (QED) is 0.471. The molecule has 0 aromatic heterocycles. The Morgan fingerprint density at radius 1 is 1.31 bits per heavy atom. The topological polar surface area (TPSA) is 93.8 Å². The standard InChI is InChI=1S/C18H18ClN3O4/c1-11-9-15(19)7-8-17(11)26-13(3)18(23)21-20-12(2)14-5-4-6-16(10-14)22(24)25/h4-10,13H,1-3H3,(H,21,23)/b20-12+. The Bertz CT molecular complexity index is 867. The van der Waals surface area contributed by atoms with E-state index >= 15 is 0 Å². The van der Waals surface area contributed by atoms with Gasteiger partial charge in [-0.3, -0.25) is 14.9 Å². The Morgan fingerprint density at radius 2 is 2.04 bits per heavy atom. The molecular formula is C18H18ClN3O4. The van der Waals surface area contributed by atoms with Gasteiger partial charge < -0.3 is 4.74 Å². The third kappa shape index (κ3) is 5.03. The minimum absolute atomic E-state index is 0.0432. The van der Waals surface area contributed by atoms with Crippen molar-refractivity contribution in [2.24, 2.45) is 5.10 Å². The van der Waals surface area contributed by atoms with E-state index < -0.39 is 16.9 Å². The van der Waals surface area contributed by atoms with Crippen molar-refractivity contribution >= 4 is 28.9 Å². The second-order valence-electron chi connectivity index (χ2n) is 5.65. The lowest BCUT2D eigenvalue weighted by atomic mass is 10.1. The lowest BCUT2D eigenvalue weighted by molar-refractivity contribution is -0.384. The summed E-state index contributed by atoms with van der Waals surface area (Å²) in [5, 5.41) is 15.4. The summed E-state index contributed by atoms with van der Waals surface area (Å²) in [5.74, 6) is 0.112. The number of halogens is 1. The number of amides is 1. The second kappa shape index (κ2) is 8.44. The predicted octanol–water partition coefficient (Wildman–Crippen LogP) is 3.86. The van der Waals surface area contributed by atoms with E-state index in [0.29, 0.717) is 22.0 Å². The summed E-state index contributed by atoms with van der Waals surface area (Å²) < 4.78 is 5.62. The van der Waals surface area contributed by atoms with Crippen molar-refractivity contribution in [1.82, 2.24) is 5.43 Å². The van der Waals surface area contributed by atoms with E-state index in [9.17, 15) is 14.9 Å². The lowest BCUT2D eigenvalue weighted by Gasteiger charge is -2.15. The van der Waals surface area contributed by atoms with Crippen LogP contribution in [0.15, 0.2) is 47.6 Å². The minimum atomic E-state index is -0.781. The van der Waals surface area contributed by atoms with Gasteiger partial charge >= 0.3 is 0 Å². The number of carbonyl (C=O) groups excluding carboxylic acids is 1. The van der Waals surface area contributed by atoms with Gasteiger partial charge in [0.2, 0.25) is 0 Å². The molecular weight excluding hydrogens is 358 g/mol. The van der Waals surface area contributed by atoms with Crippen molar-refractivity contribution in [3.63, 3.8) is 0 Å². The molecule has 2 aromatic carbocycles. The maximum atomic E-state index is 12.2. The van der Waals surface area contributed by atoms with Crippen LogP contribution in [0.5, 0.6) is 5.75 Å². The number of non-ortho nitro benzene ring substituents is 1. The smallest absolute Gasteiger partial charge is 0.280 e. The number of aryl methyl sites for hydroxylation is 1. The number of benzene rings is 2. The van der Waals surface area contributed by atoms with Crippen molar-refractivity contribution in [1.29, 1.82) is 0 Å². The number of hydrazone groups is 1. The van der Waals surface area contributed by atoms with Crippen LogP contribution in [0, 0.1) is 17.0 Å². The highest BCUT2D eigenvalue weighted by atomic mass is 35.5. The second-order valence-corrected chi connectivity index (χ2v) is 6.09. The first kappa shape index (κ1) is 19.4. The molecule has 7 nitrogen and oxygen atoms in total. The number of ether oxygens (including phenoxy) is 1. The van der Waals surface area contributed by atoms with Gasteiger partial charge in [0.15, 0.2) is 6.10 Å². The summed E-state index contributed by atoms with van der Waals surface area (Å²) in [6.07, 6.45) is -0.781. The number of nitrogens with zero attached hydrogens (tertiary/aromatic N) is 2. The molecule has 2 aromatic rings. The van der Waals surface area contributed by atoms with Crippen LogP contribution in [0.25, 0.3) is 0 Å². The van der Waals surface area contributed by atoms with Gasteiger partial charge in [0.1, 0.15) is 5.75 Å². The van der Waals surface area contributed by atoms with Crippen LogP contribution >= 0.6 is 11.6 Å². The van der Waals surface area contributed by atoms with E-state index in [1.807, 2.05) is 6.92 Å². The highest BCUT2D eigenvalue weighted by molar-refractivity contribution is 6.30. The van der Waals surface area contributed by atoms with E-state index in [2.05, 4.69) is 10.5 Å². The van der Waals surface area contributed by atoms with Crippen molar-refractivity contribution < 1.29 is 14.5 Å². The molecule has 1 N–H and O–H groups in total. The number of nitro benzene ring substituents is 1. The molecule has 1 unspecified atom stereocenters. The van der Waals surface area contributed by atoms with Crippen LogP contribution in [-0.2, 0) is 4.79 Å². The molecule has 0 aliphatic rings. The van der Waals surface area contributed by atoms with Gasteiger partial charge in [-0.2, -0.15) is 5.10 Å². The van der Waals surface area contributed by atoms with Crippen LogP contribution in [0.2, 0.25) is 5.02 Å². The highest BCUT2D eigenvalue weighted by Crippen LogP contribution is 2.22. The predicted molar refractivity (Wildman–Crippen MR) is 99.7 cm³/mol. The van der Waals surface area contributed by atoms with Crippen molar-refractivity contribution in [2.45, 2.75) is 26.9 Å². The molecule has 1 amide bonds. The van der Waals surface area contributed by atoms with E-state index in [1.165, 1.54) is 12.1 Å². The van der Waals surface area contributed by atoms with Gasteiger partial charge in [0, 0.05) is 22.7 Å². The Labute approximate surface area is 155 Å². The van der Waals surface area contributed by atoms with Gasteiger partial charge in [-0.15, -0.1) is 0 Å². The fourth-order valence-electron chi connectivity index (χ4n) is 2.13. The molecule has 0 heterocycles. The van der Waals surface area contributed by atoms with E-state index in [0.717, 1.165) is 5.56 Å². The molecule has 0 spiro atoms. The number of carbonyl (C=O) groups is 1. The average Bonchev–Trinajstić information content (AvgIpc) is 2.61. The summed E-state index contributed by atoms with van der Waals surface area (Å²) >= 11 is 5.89. The monoisotopic (exact) mass is 375 g/mol. The normalized spacial score (nSPS) is 12.4. The zero-order valence-electron chi connectivity index (χ0n) is 14.5. The van der Waals surface area contributed by atoms with Crippen molar-refractivity contribution in [3.8, 4) is 5.75 Å². The number of hydrogen-bond acceptors (Lipinski definition) is 5. The first-order valence-electron chi connectivity index (χ1n) is 7.79. The molecule has 0 radical (unpaired) electrons. The maximum absolute atomic E-state index is 12.2. The van der Waals surface area contributed by atoms with Gasteiger partial charge in [0.05, 0.1) is 10.6 Å². The maximum Gasteiger partial charge on any atom is 0.280 e.